The van der Waals surface area contributed by atoms with E-state index in [9.17, 15) is 22.8 Å². The second-order valence-corrected chi connectivity index (χ2v) is 8.23. The van der Waals surface area contributed by atoms with Crippen molar-refractivity contribution in [3.63, 3.8) is 0 Å². The van der Waals surface area contributed by atoms with Crippen LogP contribution in [0.3, 0.4) is 0 Å². The third-order valence-electron chi connectivity index (χ3n) is 5.28. The number of ether oxygens (including phenoxy) is 1. The number of nitrogens with one attached hydrogen (secondary N) is 2. The Morgan fingerprint density at radius 2 is 1.89 bits per heavy atom. The second-order valence-electron chi connectivity index (χ2n) is 7.85. The number of nitrogens with zero attached hydrogens (tertiary/aromatic N) is 2. The largest absolute Gasteiger partial charge is 0.495 e. The van der Waals surface area contributed by atoms with Crippen LogP contribution in [0.15, 0.2) is 48.9 Å². The van der Waals surface area contributed by atoms with Crippen LogP contribution in [0.2, 0.25) is 0 Å². The number of benzene rings is 2. The molecule has 0 spiro atoms. The monoisotopic (exact) mass is 520 g/mol. The molecule has 190 valence electrons. The van der Waals surface area contributed by atoms with Crippen LogP contribution in [-0.4, -0.2) is 34.4 Å². The molecule has 3 aromatic rings. The van der Waals surface area contributed by atoms with E-state index in [0.29, 0.717) is 17.7 Å². The third-order valence-corrected chi connectivity index (χ3v) is 5.55. The van der Waals surface area contributed by atoms with E-state index >= 15 is 0 Å². The van der Waals surface area contributed by atoms with Gasteiger partial charge in [0.2, 0.25) is 5.91 Å². The highest BCUT2D eigenvalue weighted by Gasteiger charge is 2.24. The van der Waals surface area contributed by atoms with E-state index in [0.717, 1.165) is 23.5 Å². The summed E-state index contributed by atoms with van der Waals surface area (Å²) < 4.78 is 47.9. The lowest BCUT2D eigenvalue weighted by Gasteiger charge is -2.17. The van der Waals surface area contributed by atoms with Crippen molar-refractivity contribution in [1.82, 2.24) is 20.4 Å². The van der Waals surface area contributed by atoms with Crippen LogP contribution in [0.5, 0.6) is 5.75 Å². The number of aryl methyl sites for hydroxylation is 1. The molecule has 1 unspecified atom stereocenters. The van der Waals surface area contributed by atoms with Crippen LogP contribution in [0, 0.1) is 24.4 Å². The van der Waals surface area contributed by atoms with Crippen LogP contribution >= 0.6 is 11.6 Å². The number of aromatic nitrogens is 2. The minimum atomic E-state index is -1.63. The third kappa shape index (κ3) is 6.66. The fourth-order valence-corrected chi connectivity index (χ4v) is 3.65. The Hall–Kier alpha value is -3.79. The topological polar surface area (TPSA) is 85.3 Å². The zero-order valence-corrected chi connectivity index (χ0v) is 20.3. The van der Waals surface area contributed by atoms with E-state index in [-0.39, 0.29) is 17.9 Å². The zero-order valence-electron chi connectivity index (χ0n) is 19.5. The summed E-state index contributed by atoms with van der Waals surface area (Å²) in [6.45, 7) is 1.87. The molecule has 0 aliphatic rings. The van der Waals surface area contributed by atoms with Crippen molar-refractivity contribution in [1.29, 1.82) is 0 Å². The van der Waals surface area contributed by atoms with Gasteiger partial charge < -0.3 is 9.30 Å². The van der Waals surface area contributed by atoms with Crippen molar-refractivity contribution in [2.45, 2.75) is 25.7 Å². The van der Waals surface area contributed by atoms with Gasteiger partial charge in [0.15, 0.2) is 17.5 Å². The number of hydrogen-bond donors (Lipinski definition) is 2. The number of halogens is 4. The first-order valence-corrected chi connectivity index (χ1v) is 11.4. The predicted molar refractivity (Wildman–Crippen MR) is 129 cm³/mol. The van der Waals surface area contributed by atoms with Crippen LogP contribution in [-0.2, 0) is 9.59 Å². The summed E-state index contributed by atoms with van der Waals surface area (Å²) in [5, 5.41) is 0. The Balaban J connectivity index is 1.66. The number of carbonyl (C=O) groups excluding carboxylic acids is 2. The van der Waals surface area contributed by atoms with E-state index in [1.54, 1.807) is 18.5 Å². The molecular weight excluding hydrogens is 497 g/mol. The first kappa shape index (κ1) is 26.8. The van der Waals surface area contributed by atoms with Crippen LogP contribution in [0.1, 0.15) is 35.6 Å². The molecule has 2 amide bonds. The standard InChI is InChI=1S/C25H24ClF3N4O3/c1-15-13-33(14-30-15)21-7-5-16(10-22(21)36-2)6-8-23(34)31-32-25(35)18(4-3-9-26)17-11-19(27)24(29)20(28)12-17/h5-8,10-14,18H,3-4,9H2,1-2H3,(H,31,34)(H,32,35)/b8-6+. The summed E-state index contributed by atoms with van der Waals surface area (Å²) in [7, 11) is 1.53. The lowest BCUT2D eigenvalue weighted by atomic mass is 9.93. The minimum Gasteiger partial charge on any atom is -0.495 e. The number of imidazole rings is 1. The molecule has 3 rings (SSSR count). The van der Waals surface area contributed by atoms with E-state index in [2.05, 4.69) is 15.8 Å². The summed E-state index contributed by atoms with van der Waals surface area (Å²) in [5.74, 6) is -6.12. The zero-order chi connectivity index (χ0) is 26.2. The summed E-state index contributed by atoms with van der Waals surface area (Å²) in [6, 6.07) is 6.81. The maximum atomic E-state index is 13.7. The molecule has 11 heteroatoms. The highest BCUT2D eigenvalue weighted by Crippen LogP contribution is 2.26. The van der Waals surface area contributed by atoms with Gasteiger partial charge in [-0.3, -0.25) is 20.4 Å². The Morgan fingerprint density at radius 3 is 2.50 bits per heavy atom. The average molecular weight is 521 g/mol. The lowest BCUT2D eigenvalue weighted by molar-refractivity contribution is -0.127. The predicted octanol–water partition coefficient (Wildman–Crippen LogP) is 4.57. The fraction of sp³-hybridized carbons (Fsp3) is 0.240. The quantitative estimate of drug-likeness (QED) is 0.187. The van der Waals surface area contributed by atoms with Crippen molar-refractivity contribution in [2.24, 2.45) is 0 Å². The normalized spacial score (nSPS) is 11.9. The van der Waals surface area contributed by atoms with E-state index < -0.39 is 35.2 Å². The summed E-state index contributed by atoms with van der Waals surface area (Å²) in [4.78, 5) is 29.1. The highest BCUT2D eigenvalue weighted by molar-refractivity contribution is 6.17. The molecule has 36 heavy (non-hydrogen) atoms. The summed E-state index contributed by atoms with van der Waals surface area (Å²) >= 11 is 5.69. The Morgan fingerprint density at radius 1 is 1.17 bits per heavy atom. The number of methoxy groups -OCH3 is 1. The molecule has 0 radical (unpaired) electrons. The molecule has 7 nitrogen and oxygen atoms in total. The lowest BCUT2D eigenvalue weighted by Crippen LogP contribution is -2.43. The average Bonchev–Trinajstić information content (AvgIpc) is 3.30. The molecule has 0 saturated heterocycles. The SMILES string of the molecule is COc1cc(/C=C/C(=O)NNC(=O)C(CCCCl)c2cc(F)c(F)c(F)c2)ccc1-n1cnc(C)c1. The number of amides is 2. The molecule has 0 aliphatic heterocycles. The molecule has 2 aromatic carbocycles. The van der Waals surface area contributed by atoms with Gasteiger partial charge in [-0.2, -0.15) is 0 Å². The van der Waals surface area contributed by atoms with Gasteiger partial charge in [-0.05, 0) is 61.2 Å². The smallest absolute Gasteiger partial charge is 0.262 e. The van der Waals surface area contributed by atoms with Gasteiger partial charge in [0, 0.05) is 18.2 Å². The molecular formula is C25H24ClF3N4O3. The van der Waals surface area contributed by atoms with Gasteiger partial charge in [-0.25, -0.2) is 18.2 Å². The highest BCUT2D eigenvalue weighted by atomic mass is 35.5. The Bertz CT molecular complexity index is 1260. The van der Waals surface area contributed by atoms with Crippen molar-refractivity contribution in [3.05, 3.63) is 83.2 Å². The molecule has 0 saturated carbocycles. The maximum absolute atomic E-state index is 13.7. The number of rotatable bonds is 9. The second kappa shape index (κ2) is 12.3. The molecule has 1 heterocycles. The number of carbonyl (C=O) groups is 2. The number of hydrazine groups is 1. The molecule has 2 N–H and O–H groups in total. The number of hydrogen-bond acceptors (Lipinski definition) is 4. The minimum absolute atomic E-state index is 0.0703. The molecule has 1 aromatic heterocycles. The molecule has 0 bridgehead atoms. The van der Waals surface area contributed by atoms with Gasteiger partial charge in [-0.1, -0.05) is 6.07 Å². The van der Waals surface area contributed by atoms with Gasteiger partial charge in [0.25, 0.3) is 5.91 Å². The first-order chi connectivity index (χ1) is 17.2. The van der Waals surface area contributed by atoms with E-state index in [1.165, 1.54) is 19.3 Å². The van der Waals surface area contributed by atoms with Gasteiger partial charge in [-0.15, -0.1) is 11.6 Å². The van der Waals surface area contributed by atoms with Gasteiger partial charge in [0.05, 0.1) is 30.7 Å². The maximum Gasteiger partial charge on any atom is 0.262 e. The Labute approximate surface area is 210 Å². The van der Waals surface area contributed by atoms with Crippen molar-refractivity contribution in [2.75, 3.05) is 13.0 Å². The Kier molecular flexibility index (Phi) is 9.13. The van der Waals surface area contributed by atoms with Gasteiger partial charge >= 0.3 is 0 Å². The van der Waals surface area contributed by atoms with E-state index in [4.69, 9.17) is 16.3 Å². The summed E-state index contributed by atoms with van der Waals surface area (Å²) in [6.07, 6.45) is 6.70. The number of alkyl halides is 1. The summed E-state index contributed by atoms with van der Waals surface area (Å²) in [5.41, 5.74) is 6.66. The van der Waals surface area contributed by atoms with Crippen molar-refractivity contribution >= 4 is 29.5 Å². The first-order valence-electron chi connectivity index (χ1n) is 10.9. The fourth-order valence-electron chi connectivity index (χ4n) is 3.49. The molecule has 0 aliphatic carbocycles. The van der Waals surface area contributed by atoms with E-state index in [1.807, 2.05) is 23.8 Å². The van der Waals surface area contributed by atoms with Crippen molar-refractivity contribution < 1.29 is 27.5 Å². The van der Waals surface area contributed by atoms with Crippen LogP contribution in [0.4, 0.5) is 13.2 Å². The van der Waals surface area contributed by atoms with Gasteiger partial charge in [0.1, 0.15) is 5.75 Å². The van der Waals surface area contributed by atoms with Crippen LogP contribution < -0.4 is 15.6 Å². The molecule has 1 atom stereocenters. The van der Waals surface area contributed by atoms with Crippen molar-refractivity contribution in [3.8, 4) is 11.4 Å². The molecule has 0 fully saturated rings. The van der Waals surface area contributed by atoms with Crippen LogP contribution in [0.25, 0.3) is 11.8 Å².